The van der Waals surface area contributed by atoms with E-state index in [9.17, 15) is 0 Å². The molecule has 0 radical (unpaired) electrons. The lowest BCUT2D eigenvalue weighted by atomic mass is 9.88. The number of nitrogens with zero attached hydrogens (tertiary/aromatic N) is 2. The van der Waals surface area contributed by atoms with Crippen molar-refractivity contribution in [3.63, 3.8) is 0 Å². The van der Waals surface area contributed by atoms with Crippen LogP contribution < -0.4 is 4.90 Å². The van der Waals surface area contributed by atoms with E-state index in [2.05, 4.69) is 264 Å². The van der Waals surface area contributed by atoms with Crippen molar-refractivity contribution < 1.29 is 0 Å². The lowest BCUT2D eigenvalue weighted by Crippen LogP contribution is -2.11. The van der Waals surface area contributed by atoms with Gasteiger partial charge in [-0.05, 0) is 93.0 Å². The Labute approximate surface area is 362 Å². The van der Waals surface area contributed by atoms with Gasteiger partial charge in [0.15, 0.2) is 0 Å². The minimum Gasteiger partial charge on any atom is -0.310 e. The molecule has 0 amide bonds. The second kappa shape index (κ2) is 16.1. The molecule has 0 aliphatic heterocycles. The first-order chi connectivity index (χ1) is 30.8. The van der Waals surface area contributed by atoms with E-state index in [4.69, 9.17) is 0 Å². The Kier molecular flexibility index (Phi) is 9.57. The highest BCUT2D eigenvalue weighted by Gasteiger charge is 2.21. The first kappa shape index (κ1) is 36.8. The third-order valence-electron chi connectivity index (χ3n) is 12.0. The third kappa shape index (κ3) is 6.65. The van der Waals surface area contributed by atoms with E-state index < -0.39 is 0 Å². The zero-order valence-electron chi connectivity index (χ0n) is 34.1. The maximum Gasteiger partial charge on any atom is 0.0541 e. The highest BCUT2D eigenvalue weighted by Crippen LogP contribution is 2.46. The molecule has 0 bridgehead atoms. The van der Waals surface area contributed by atoms with Gasteiger partial charge in [-0.25, -0.2) is 0 Å². The average Bonchev–Trinajstić information content (AvgIpc) is 3.69. The zero-order chi connectivity index (χ0) is 41.2. The lowest BCUT2D eigenvalue weighted by Gasteiger charge is -2.29. The predicted molar refractivity (Wildman–Crippen MR) is 263 cm³/mol. The van der Waals surface area contributed by atoms with Crippen molar-refractivity contribution in [2.45, 2.75) is 0 Å². The molecule has 0 spiro atoms. The molecule has 2 nitrogen and oxygen atoms in total. The van der Waals surface area contributed by atoms with Gasteiger partial charge < -0.3 is 9.47 Å². The molecule has 1 aromatic heterocycles. The van der Waals surface area contributed by atoms with Crippen LogP contribution in [0.25, 0.3) is 83.1 Å². The van der Waals surface area contributed by atoms with Crippen molar-refractivity contribution >= 4 is 38.9 Å². The highest BCUT2D eigenvalue weighted by atomic mass is 15.1. The molecule has 0 aliphatic rings. The zero-order valence-corrected chi connectivity index (χ0v) is 34.1. The van der Waals surface area contributed by atoms with Crippen LogP contribution in [0, 0.1) is 0 Å². The summed E-state index contributed by atoms with van der Waals surface area (Å²) < 4.78 is 2.42. The third-order valence-corrected chi connectivity index (χ3v) is 12.0. The number of para-hydroxylation sites is 4. The van der Waals surface area contributed by atoms with Crippen LogP contribution in [0.1, 0.15) is 0 Å². The quantitative estimate of drug-likeness (QED) is 0.141. The van der Waals surface area contributed by atoms with Crippen LogP contribution >= 0.6 is 0 Å². The Balaban J connectivity index is 1.07. The lowest BCUT2D eigenvalue weighted by molar-refractivity contribution is 1.18. The Morgan fingerprint density at radius 2 is 0.710 bits per heavy atom. The number of fused-ring (bicyclic) bond motifs is 3. The molecule has 0 N–H and O–H groups in total. The van der Waals surface area contributed by atoms with E-state index in [1.165, 1.54) is 66.3 Å². The van der Waals surface area contributed by atoms with Gasteiger partial charge in [0.05, 0.1) is 22.4 Å². The Morgan fingerprint density at radius 1 is 0.258 bits per heavy atom. The van der Waals surface area contributed by atoms with E-state index in [0.29, 0.717) is 0 Å². The molecular formula is C60H42N2. The normalized spacial score (nSPS) is 11.2. The number of rotatable bonds is 9. The molecule has 292 valence electrons. The highest BCUT2D eigenvalue weighted by molar-refractivity contribution is 6.09. The number of anilines is 3. The first-order valence-electron chi connectivity index (χ1n) is 21.3. The van der Waals surface area contributed by atoms with Crippen molar-refractivity contribution in [1.29, 1.82) is 0 Å². The number of aromatic nitrogens is 1. The molecular weight excluding hydrogens is 749 g/mol. The van der Waals surface area contributed by atoms with Gasteiger partial charge in [-0.1, -0.05) is 206 Å². The van der Waals surface area contributed by atoms with Gasteiger partial charge in [-0.2, -0.15) is 0 Å². The molecule has 0 fully saturated rings. The number of hydrogen-bond acceptors (Lipinski definition) is 1. The second-order valence-corrected chi connectivity index (χ2v) is 15.7. The van der Waals surface area contributed by atoms with E-state index >= 15 is 0 Å². The molecule has 1 heterocycles. The van der Waals surface area contributed by atoms with Crippen molar-refractivity contribution in [3.05, 3.63) is 255 Å². The van der Waals surface area contributed by atoms with E-state index in [1.54, 1.807) is 0 Å². The van der Waals surface area contributed by atoms with Gasteiger partial charge in [0.2, 0.25) is 0 Å². The van der Waals surface area contributed by atoms with Crippen molar-refractivity contribution in [2.75, 3.05) is 4.90 Å². The summed E-state index contributed by atoms with van der Waals surface area (Å²) in [6.45, 7) is 0. The molecule has 0 saturated carbocycles. The summed E-state index contributed by atoms with van der Waals surface area (Å²) in [5.74, 6) is 0. The molecule has 0 atom stereocenters. The van der Waals surface area contributed by atoms with Crippen LogP contribution in [-0.4, -0.2) is 4.57 Å². The van der Waals surface area contributed by atoms with Crippen LogP contribution in [0.2, 0.25) is 0 Å². The van der Waals surface area contributed by atoms with E-state index in [0.717, 1.165) is 33.9 Å². The summed E-state index contributed by atoms with van der Waals surface area (Å²) in [7, 11) is 0. The van der Waals surface area contributed by atoms with Crippen molar-refractivity contribution in [2.24, 2.45) is 0 Å². The maximum atomic E-state index is 2.42. The standard InChI is InChI=1S/C60H42N2/c1-3-20-43(21-4-1)46-24-19-25-48(42-46)61(58-35-16-12-31-54(58)53-30-10-9-29-52(53)51-28-8-7-26-49(51)44-22-5-2-6-23-44)47-40-38-45(39-41-47)50-27-11-15-34-57(50)62-59-36-17-13-32-55(59)56-33-14-18-37-60(56)62/h1-42H. The van der Waals surface area contributed by atoms with Gasteiger partial charge in [-0.15, -0.1) is 0 Å². The minimum absolute atomic E-state index is 1.07. The summed E-state index contributed by atoms with van der Waals surface area (Å²) in [6, 6.07) is 92.0. The number of benzene rings is 10. The van der Waals surface area contributed by atoms with Gasteiger partial charge in [-0.3, -0.25) is 0 Å². The second-order valence-electron chi connectivity index (χ2n) is 15.7. The van der Waals surface area contributed by atoms with Gasteiger partial charge in [0, 0.05) is 33.3 Å². The molecule has 10 aromatic carbocycles. The summed E-state index contributed by atoms with van der Waals surface area (Å²) >= 11 is 0. The summed E-state index contributed by atoms with van der Waals surface area (Å²) in [4.78, 5) is 2.42. The molecule has 0 aliphatic carbocycles. The van der Waals surface area contributed by atoms with Crippen molar-refractivity contribution in [1.82, 2.24) is 4.57 Å². The summed E-state index contributed by atoms with van der Waals surface area (Å²) in [5.41, 5.74) is 18.6. The smallest absolute Gasteiger partial charge is 0.0541 e. The Morgan fingerprint density at radius 3 is 1.37 bits per heavy atom. The molecule has 2 heteroatoms. The Bertz CT molecular complexity index is 3290. The molecule has 0 unspecified atom stereocenters. The average molecular weight is 791 g/mol. The van der Waals surface area contributed by atoms with E-state index in [1.807, 2.05) is 0 Å². The predicted octanol–water partition coefficient (Wildman–Crippen LogP) is 16.6. The van der Waals surface area contributed by atoms with Crippen LogP contribution in [-0.2, 0) is 0 Å². The molecule has 0 saturated heterocycles. The molecule has 11 rings (SSSR count). The van der Waals surface area contributed by atoms with E-state index in [-0.39, 0.29) is 0 Å². The fourth-order valence-electron chi connectivity index (χ4n) is 9.20. The largest absolute Gasteiger partial charge is 0.310 e. The van der Waals surface area contributed by atoms with Crippen LogP contribution in [0.3, 0.4) is 0 Å². The van der Waals surface area contributed by atoms with Crippen LogP contribution in [0.15, 0.2) is 255 Å². The monoisotopic (exact) mass is 790 g/mol. The van der Waals surface area contributed by atoms with Crippen LogP contribution in [0.4, 0.5) is 17.1 Å². The van der Waals surface area contributed by atoms with Crippen molar-refractivity contribution in [3.8, 4) is 61.3 Å². The fraction of sp³-hybridized carbons (Fsp3) is 0. The minimum atomic E-state index is 1.07. The van der Waals surface area contributed by atoms with Crippen LogP contribution in [0.5, 0.6) is 0 Å². The van der Waals surface area contributed by atoms with Gasteiger partial charge >= 0.3 is 0 Å². The summed E-state index contributed by atoms with van der Waals surface area (Å²) in [5, 5.41) is 2.51. The first-order valence-corrected chi connectivity index (χ1v) is 21.3. The molecule has 62 heavy (non-hydrogen) atoms. The summed E-state index contributed by atoms with van der Waals surface area (Å²) in [6.07, 6.45) is 0. The topological polar surface area (TPSA) is 8.17 Å². The van der Waals surface area contributed by atoms with Gasteiger partial charge in [0.25, 0.3) is 0 Å². The maximum absolute atomic E-state index is 2.42. The molecule has 11 aromatic rings. The number of hydrogen-bond donors (Lipinski definition) is 0. The fourth-order valence-corrected chi connectivity index (χ4v) is 9.20. The SMILES string of the molecule is c1ccc(-c2cccc(N(c3ccc(-c4ccccc4-n4c5ccccc5c5ccccc54)cc3)c3ccccc3-c3ccccc3-c3ccccc3-c3ccccc3)c2)cc1. The Hall–Kier alpha value is -8.20. The van der Waals surface area contributed by atoms with Gasteiger partial charge in [0.1, 0.15) is 0 Å².